The lowest BCUT2D eigenvalue weighted by molar-refractivity contribution is 0.00578. The molecule has 0 radical (unpaired) electrons. The summed E-state index contributed by atoms with van der Waals surface area (Å²) in [6.45, 7) is 14.2. The molecule has 1 aliphatic heterocycles. The first-order valence-electron chi connectivity index (χ1n) is 6.35. The lowest BCUT2D eigenvalue weighted by atomic mass is 9.78. The van der Waals surface area contributed by atoms with Crippen LogP contribution in [0.3, 0.4) is 0 Å². The van der Waals surface area contributed by atoms with Crippen LogP contribution in [0.15, 0.2) is 24.8 Å². The van der Waals surface area contributed by atoms with Crippen LogP contribution in [0.5, 0.6) is 0 Å². The molecule has 2 rings (SSSR count). The summed E-state index contributed by atoms with van der Waals surface area (Å²) in [5.74, 6) is 0. The molecule has 1 aromatic rings. The topological polar surface area (TPSA) is 18.5 Å². The minimum absolute atomic E-state index is 0.295. The maximum Gasteiger partial charge on any atom is 0.494 e. The molecular formula is C15H21BO2. The molecule has 1 fully saturated rings. The van der Waals surface area contributed by atoms with Gasteiger partial charge in [0.1, 0.15) is 0 Å². The van der Waals surface area contributed by atoms with Gasteiger partial charge in [0.05, 0.1) is 11.2 Å². The Balaban J connectivity index is 2.32. The Labute approximate surface area is 110 Å². The Morgan fingerprint density at radius 1 is 1.11 bits per heavy atom. The number of aryl methyl sites for hydroxylation is 1. The molecule has 2 nitrogen and oxygen atoms in total. The van der Waals surface area contributed by atoms with Crippen molar-refractivity contribution in [3.63, 3.8) is 0 Å². The minimum Gasteiger partial charge on any atom is -0.399 e. The van der Waals surface area contributed by atoms with Crippen LogP contribution >= 0.6 is 0 Å². The van der Waals surface area contributed by atoms with Crippen LogP contribution in [0.1, 0.15) is 38.8 Å². The van der Waals surface area contributed by atoms with Gasteiger partial charge in [-0.2, -0.15) is 0 Å². The third-order valence-corrected chi connectivity index (χ3v) is 4.05. The van der Waals surface area contributed by atoms with Gasteiger partial charge in [0.2, 0.25) is 0 Å². The highest BCUT2D eigenvalue weighted by Crippen LogP contribution is 2.36. The van der Waals surface area contributed by atoms with Gasteiger partial charge in [0.15, 0.2) is 0 Å². The molecule has 3 heteroatoms. The van der Waals surface area contributed by atoms with Crippen LogP contribution in [0.2, 0.25) is 0 Å². The lowest BCUT2D eigenvalue weighted by Crippen LogP contribution is -2.41. The van der Waals surface area contributed by atoms with Gasteiger partial charge in [-0.05, 0) is 51.2 Å². The Kier molecular flexibility index (Phi) is 3.16. The molecule has 0 saturated carbocycles. The maximum absolute atomic E-state index is 6.03. The molecule has 96 valence electrons. The van der Waals surface area contributed by atoms with Gasteiger partial charge in [-0.3, -0.25) is 0 Å². The summed E-state index contributed by atoms with van der Waals surface area (Å²) in [6.07, 6.45) is 1.87. The molecule has 0 atom stereocenters. The molecule has 0 unspecified atom stereocenters. The summed E-state index contributed by atoms with van der Waals surface area (Å²) in [5.41, 5.74) is 2.80. The van der Waals surface area contributed by atoms with Crippen molar-refractivity contribution in [2.75, 3.05) is 0 Å². The zero-order chi connectivity index (χ0) is 13.6. The Bertz CT molecular complexity index is 461. The van der Waals surface area contributed by atoms with Crippen molar-refractivity contribution in [2.45, 2.75) is 45.8 Å². The van der Waals surface area contributed by atoms with Gasteiger partial charge in [0, 0.05) is 0 Å². The van der Waals surface area contributed by atoms with Crippen LogP contribution in [0.4, 0.5) is 0 Å². The predicted molar refractivity (Wildman–Crippen MR) is 77.0 cm³/mol. The van der Waals surface area contributed by atoms with Crippen LogP contribution < -0.4 is 5.46 Å². The molecular weight excluding hydrogens is 223 g/mol. The van der Waals surface area contributed by atoms with E-state index in [2.05, 4.69) is 59.4 Å². The van der Waals surface area contributed by atoms with Crippen molar-refractivity contribution in [3.8, 4) is 0 Å². The summed E-state index contributed by atoms with van der Waals surface area (Å²) < 4.78 is 12.1. The quantitative estimate of drug-likeness (QED) is 0.744. The SMILES string of the molecule is C=Cc1cc(B2OC(C)(C)C(C)(C)O2)ccc1C. The molecule has 1 saturated heterocycles. The lowest BCUT2D eigenvalue weighted by Gasteiger charge is -2.32. The second-order valence-electron chi connectivity index (χ2n) is 5.91. The fourth-order valence-corrected chi connectivity index (χ4v) is 2.00. The van der Waals surface area contributed by atoms with Gasteiger partial charge in [-0.15, -0.1) is 0 Å². The fourth-order valence-electron chi connectivity index (χ4n) is 2.00. The van der Waals surface area contributed by atoms with E-state index in [0.29, 0.717) is 0 Å². The molecule has 0 aliphatic carbocycles. The second-order valence-corrected chi connectivity index (χ2v) is 5.91. The van der Waals surface area contributed by atoms with Crippen LogP contribution in [0.25, 0.3) is 6.08 Å². The predicted octanol–water partition coefficient (Wildman–Crippen LogP) is 2.94. The first-order valence-corrected chi connectivity index (χ1v) is 6.35. The van der Waals surface area contributed by atoms with Gasteiger partial charge >= 0.3 is 7.12 Å². The van der Waals surface area contributed by atoms with Gasteiger partial charge < -0.3 is 9.31 Å². The highest BCUT2D eigenvalue weighted by Gasteiger charge is 2.51. The van der Waals surface area contributed by atoms with Crippen molar-refractivity contribution < 1.29 is 9.31 Å². The molecule has 0 bridgehead atoms. The molecule has 0 aromatic heterocycles. The van der Waals surface area contributed by atoms with Crippen LogP contribution in [0, 0.1) is 6.92 Å². The molecule has 0 amide bonds. The van der Waals surface area contributed by atoms with Crippen LogP contribution in [-0.2, 0) is 9.31 Å². The van der Waals surface area contributed by atoms with E-state index in [4.69, 9.17) is 9.31 Å². The van der Waals surface area contributed by atoms with Crippen molar-refractivity contribution in [3.05, 3.63) is 35.9 Å². The summed E-state index contributed by atoms with van der Waals surface area (Å²) in [7, 11) is -0.297. The molecule has 1 aliphatic rings. The number of hydrogen-bond donors (Lipinski definition) is 0. The smallest absolute Gasteiger partial charge is 0.399 e. The number of benzene rings is 1. The monoisotopic (exact) mass is 244 g/mol. The third-order valence-electron chi connectivity index (χ3n) is 4.05. The second kappa shape index (κ2) is 4.25. The average Bonchev–Trinajstić information content (AvgIpc) is 2.49. The first kappa shape index (κ1) is 13.4. The highest BCUT2D eigenvalue weighted by atomic mass is 16.7. The van der Waals surface area contributed by atoms with Gasteiger partial charge in [-0.25, -0.2) is 0 Å². The van der Waals surface area contributed by atoms with E-state index < -0.39 is 0 Å². The van der Waals surface area contributed by atoms with E-state index in [-0.39, 0.29) is 18.3 Å². The highest BCUT2D eigenvalue weighted by molar-refractivity contribution is 6.62. The Morgan fingerprint density at radius 3 is 2.17 bits per heavy atom. The molecule has 0 N–H and O–H groups in total. The average molecular weight is 244 g/mol. The van der Waals surface area contributed by atoms with E-state index in [1.165, 1.54) is 5.56 Å². The zero-order valence-corrected chi connectivity index (χ0v) is 11.9. The minimum atomic E-state index is -0.297. The molecule has 1 aromatic carbocycles. The van der Waals surface area contributed by atoms with Crippen molar-refractivity contribution in [2.24, 2.45) is 0 Å². The van der Waals surface area contributed by atoms with E-state index in [1.807, 2.05) is 6.08 Å². The summed E-state index contributed by atoms with van der Waals surface area (Å²) in [4.78, 5) is 0. The molecule has 0 spiro atoms. The summed E-state index contributed by atoms with van der Waals surface area (Å²) >= 11 is 0. The van der Waals surface area contributed by atoms with Crippen molar-refractivity contribution in [1.29, 1.82) is 0 Å². The fraction of sp³-hybridized carbons (Fsp3) is 0.467. The Hall–Kier alpha value is -1.06. The van der Waals surface area contributed by atoms with E-state index in [1.54, 1.807) is 0 Å². The number of rotatable bonds is 2. The van der Waals surface area contributed by atoms with E-state index >= 15 is 0 Å². The Morgan fingerprint density at radius 2 is 1.67 bits per heavy atom. The third kappa shape index (κ3) is 2.13. The molecule has 18 heavy (non-hydrogen) atoms. The standard InChI is InChI=1S/C15H21BO2/c1-7-12-10-13(9-8-11(12)2)16-17-14(3,4)15(5,6)18-16/h7-10H,1H2,2-6H3. The maximum atomic E-state index is 6.03. The van der Waals surface area contributed by atoms with Gasteiger partial charge in [0.25, 0.3) is 0 Å². The van der Waals surface area contributed by atoms with Crippen molar-refractivity contribution >= 4 is 18.7 Å². The summed E-state index contributed by atoms with van der Waals surface area (Å²) in [5, 5.41) is 0. The zero-order valence-electron chi connectivity index (χ0n) is 11.9. The first-order chi connectivity index (χ1) is 8.27. The van der Waals surface area contributed by atoms with E-state index in [0.717, 1.165) is 11.0 Å². The molecule has 1 heterocycles. The van der Waals surface area contributed by atoms with E-state index in [9.17, 15) is 0 Å². The number of hydrogen-bond acceptors (Lipinski definition) is 2. The van der Waals surface area contributed by atoms with Crippen LogP contribution in [-0.4, -0.2) is 18.3 Å². The summed E-state index contributed by atoms with van der Waals surface area (Å²) in [6, 6.07) is 6.23. The largest absolute Gasteiger partial charge is 0.494 e. The normalized spacial score (nSPS) is 21.1. The van der Waals surface area contributed by atoms with Gasteiger partial charge in [-0.1, -0.05) is 30.9 Å². The van der Waals surface area contributed by atoms with Crippen molar-refractivity contribution in [1.82, 2.24) is 0 Å².